The van der Waals surface area contributed by atoms with Crippen LogP contribution < -0.4 is 10.9 Å². The number of rotatable bonds is 2. The number of aryl methyl sites for hydroxylation is 1. The minimum absolute atomic E-state index is 0.0660. The van der Waals surface area contributed by atoms with Gasteiger partial charge in [0.15, 0.2) is 0 Å². The van der Waals surface area contributed by atoms with E-state index in [0.717, 1.165) is 34.1 Å². The van der Waals surface area contributed by atoms with Crippen LogP contribution in [0.25, 0.3) is 28.0 Å². The highest BCUT2D eigenvalue weighted by molar-refractivity contribution is 5.97. The largest absolute Gasteiger partial charge is 0.352 e. The van der Waals surface area contributed by atoms with Crippen molar-refractivity contribution in [3.63, 3.8) is 0 Å². The average Bonchev–Trinajstić information content (AvgIpc) is 3.17. The summed E-state index contributed by atoms with van der Waals surface area (Å²) in [5.41, 5.74) is 4.69. The summed E-state index contributed by atoms with van der Waals surface area (Å²) in [4.78, 5) is 32.3. The van der Waals surface area contributed by atoms with Crippen molar-refractivity contribution in [3.8, 4) is 17.1 Å². The van der Waals surface area contributed by atoms with E-state index in [1.807, 2.05) is 54.0 Å². The third kappa shape index (κ3) is 2.62. The van der Waals surface area contributed by atoms with Gasteiger partial charge in [0.05, 0.1) is 5.56 Å². The van der Waals surface area contributed by atoms with Crippen LogP contribution in [0.5, 0.6) is 0 Å². The van der Waals surface area contributed by atoms with Crippen molar-refractivity contribution in [3.05, 3.63) is 81.9 Å². The molecule has 28 heavy (non-hydrogen) atoms. The minimum Gasteiger partial charge on any atom is -0.352 e. The van der Waals surface area contributed by atoms with Gasteiger partial charge in [0, 0.05) is 35.7 Å². The van der Waals surface area contributed by atoms with Gasteiger partial charge in [-0.15, -0.1) is 0 Å². The molecule has 1 aliphatic heterocycles. The number of aromatic amines is 1. The monoisotopic (exact) mass is 370 g/mol. The van der Waals surface area contributed by atoms with Gasteiger partial charge in [-0.2, -0.15) is 0 Å². The third-order valence-electron chi connectivity index (χ3n) is 5.18. The van der Waals surface area contributed by atoms with E-state index in [9.17, 15) is 9.59 Å². The fourth-order valence-electron chi connectivity index (χ4n) is 3.74. The van der Waals surface area contributed by atoms with Gasteiger partial charge in [-0.25, -0.2) is 4.98 Å². The molecule has 0 radical (unpaired) electrons. The summed E-state index contributed by atoms with van der Waals surface area (Å²) in [6, 6.07) is 13.6. The number of hydrogen-bond acceptors (Lipinski definition) is 3. The Kier molecular flexibility index (Phi) is 3.65. The number of carbonyl (C=O) groups excluding carboxylic acids is 1. The standard InChI is InChI=1S/C22H18N4O2/c1-13-2-3-15-11-18(22(28)25-19(15)10-13)20-23-8-9-26(20)16-5-4-14-6-7-24-21(27)17(14)12-16/h2-5,8-12H,6-7H2,1H3,(H,24,27)(H,25,28). The van der Waals surface area contributed by atoms with Crippen LogP contribution in [-0.4, -0.2) is 27.0 Å². The summed E-state index contributed by atoms with van der Waals surface area (Å²) in [5, 5.41) is 3.82. The van der Waals surface area contributed by atoms with Crippen LogP contribution in [0.2, 0.25) is 0 Å². The van der Waals surface area contributed by atoms with Crippen LogP contribution in [0.4, 0.5) is 0 Å². The number of imidazole rings is 1. The normalized spacial score (nSPS) is 13.4. The minimum atomic E-state index is -0.193. The van der Waals surface area contributed by atoms with E-state index < -0.39 is 0 Å². The molecule has 5 rings (SSSR count). The van der Waals surface area contributed by atoms with E-state index in [-0.39, 0.29) is 11.5 Å². The number of fused-ring (bicyclic) bond motifs is 2. The Hall–Kier alpha value is -3.67. The van der Waals surface area contributed by atoms with Crippen LogP contribution in [-0.2, 0) is 6.42 Å². The maximum absolute atomic E-state index is 12.7. The molecule has 2 aromatic heterocycles. The average molecular weight is 370 g/mol. The maximum Gasteiger partial charge on any atom is 0.259 e. The number of aromatic nitrogens is 3. The lowest BCUT2D eigenvalue weighted by atomic mass is 9.99. The zero-order chi connectivity index (χ0) is 19.3. The molecule has 0 bridgehead atoms. The first-order chi connectivity index (χ1) is 13.6. The quantitative estimate of drug-likeness (QED) is 0.569. The van der Waals surface area contributed by atoms with E-state index in [2.05, 4.69) is 15.3 Å². The van der Waals surface area contributed by atoms with E-state index in [1.54, 1.807) is 12.4 Å². The molecule has 0 spiro atoms. The van der Waals surface area contributed by atoms with E-state index in [1.165, 1.54) is 0 Å². The molecule has 2 aromatic carbocycles. The summed E-state index contributed by atoms with van der Waals surface area (Å²) >= 11 is 0. The maximum atomic E-state index is 12.7. The lowest BCUT2D eigenvalue weighted by molar-refractivity contribution is 0.0946. The molecule has 1 amide bonds. The van der Waals surface area contributed by atoms with E-state index in [0.29, 0.717) is 23.5 Å². The number of hydrogen-bond donors (Lipinski definition) is 2. The number of H-pyrrole nitrogens is 1. The first kappa shape index (κ1) is 16.5. The predicted octanol–water partition coefficient (Wildman–Crippen LogP) is 2.98. The van der Waals surface area contributed by atoms with Gasteiger partial charge in [0.1, 0.15) is 5.82 Å². The lowest BCUT2D eigenvalue weighted by Crippen LogP contribution is -2.31. The van der Waals surface area contributed by atoms with Crippen molar-refractivity contribution in [2.45, 2.75) is 13.3 Å². The van der Waals surface area contributed by atoms with Gasteiger partial charge in [0.2, 0.25) is 0 Å². The second-order valence-electron chi connectivity index (χ2n) is 7.07. The van der Waals surface area contributed by atoms with Crippen molar-refractivity contribution in [1.82, 2.24) is 19.9 Å². The molecule has 0 atom stereocenters. The molecule has 0 unspecified atom stereocenters. The number of benzene rings is 2. The topological polar surface area (TPSA) is 79.8 Å². The zero-order valence-corrected chi connectivity index (χ0v) is 15.3. The molecule has 0 fully saturated rings. The summed E-state index contributed by atoms with van der Waals surface area (Å²) in [7, 11) is 0. The van der Waals surface area contributed by atoms with Crippen molar-refractivity contribution in [1.29, 1.82) is 0 Å². The fraction of sp³-hybridized carbons (Fsp3) is 0.136. The number of pyridine rings is 1. The Morgan fingerprint density at radius 3 is 2.82 bits per heavy atom. The van der Waals surface area contributed by atoms with Gasteiger partial charge < -0.3 is 10.3 Å². The first-order valence-corrected chi connectivity index (χ1v) is 9.19. The third-order valence-corrected chi connectivity index (χ3v) is 5.18. The number of nitrogens with zero attached hydrogens (tertiary/aromatic N) is 2. The second kappa shape index (κ2) is 6.20. The van der Waals surface area contributed by atoms with Crippen LogP contribution in [0, 0.1) is 6.92 Å². The molecule has 4 aromatic rings. The van der Waals surface area contributed by atoms with Gasteiger partial charge in [-0.05, 0) is 54.1 Å². The molecule has 0 saturated heterocycles. The SMILES string of the molecule is Cc1ccc2cc(-c3nccn3-c3ccc4c(c3)C(=O)NCC4)c(=O)[nH]c2c1. The molecule has 6 heteroatoms. The number of carbonyl (C=O) groups is 1. The Bertz CT molecular complexity index is 1300. The van der Waals surface area contributed by atoms with Gasteiger partial charge >= 0.3 is 0 Å². The summed E-state index contributed by atoms with van der Waals surface area (Å²) in [5.74, 6) is 0.476. The Labute approximate surface area is 160 Å². The molecule has 0 aliphatic carbocycles. The van der Waals surface area contributed by atoms with E-state index >= 15 is 0 Å². The number of amides is 1. The van der Waals surface area contributed by atoms with Crippen LogP contribution in [0.15, 0.2) is 59.7 Å². The summed E-state index contributed by atoms with van der Waals surface area (Å²) in [6.07, 6.45) is 4.28. The molecule has 1 aliphatic rings. The highest BCUT2D eigenvalue weighted by atomic mass is 16.1. The molecular weight excluding hydrogens is 352 g/mol. The van der Waals surface area contributed by atoms with Crippen LogP contribution in [0.1, 0.15) is 21.5 Å². The van der Waals surface area contributed by atoms with Crippen molar-refractivity contribution in [2.24, 2.45) is 0 Å². The highest BCUT2D eigenvalue weighted by Gasteiger charge is 2.19. The molecule has 0 saturated carbocycles. The fourth-order valence-corrected chi connectivity index (χ4v) is 3.74. The number of nitrogens with one attached hydrogen (secondary N) is 2. The first-order valence-electron chi connectivity index (χ1n) is 9.19. The molecular formula is C22H18N4O2. The summed E-state index contributed by atoms with van der Waals surface area (Å²) < 4.78 is 1.84. The Balaban J connectivity index is 1.66. The molecule has 2 N–H and O–H groups in total. The second-order valence-corrected chi connectivity index (χ2v) is 7.07. The van der Waals surface area contributed by atoms with Crippen molar-refractivity contribution >= 4 is 16.8 Å². The van der Waals surface area contributed by atoms with E-state index in [4.69, 9.17) is 0 Å². The van der Waals surface area contributed by atoms with Gasteiger partial charge in [0.25, 0.3) is 11.5 Å². The zero-order valence-electron chi connectivity index (χ0n) is 15.3. The van der Waals surface area contributed by atoms with Gasteiger partial charge in [-0.1, -0.05) is 18.2 Å². The Morgan fingerprint density at radius 2 is 1.93 bits per heavy atom. The smallest absolute Gasteiger partial charge is 0.259 e. The van der Waals surface area contributed by atoms with Crippen molar-refractivity contribution in [2.75, 3.05) is 6.54 Å². The lowest BCUT2D eigenvalue weighted by Gasteiger charge is -2.18. The van der Waals surface area contributed by atoms with Gasteiger partial charge in [-0.3, -0.25) is 14.2 Å². The molecule has 3 heterocycles. The predicted molar refractivity (Wildman–Crippen MR) is 108 cm³/mol. The Morgan fingerprint density at radius 1 is 1.04 bits per heavy atom. The van der Waals surface area contributed by atoms with Crippen molar-refractivity contribution < 1.29 is 4.79 Å². The van der Waals surface area contributed by atoms with Crippen LogP contribution >= 0.6 is 0 Å². The van der Waals surface area contributed by atoms with Crippen LogP contribution in [0.3, 0.4) is 0 Å². The highest BCUT2D eigenvalue weighted by Crippen LogP contribution is 2.24. The summed E-state index contributed by atoms with van der Waals surface area (Å²) in [6.45, 7) is 2.65. The molecule has 6 nitrogen and oxygen atoms in total. The molecule has 138 valence electrons.